The minimum Gasteiger partial charge on any atom is -0.370 e. The molecule has 0 fully saturated rings. The maximum Gasteiger partial charge on any atom is 0.193 e. The first-order valence-electron chi connectivity index (χ1n) is 6.98. The van der Waals surface area contributed by atoms with E-state index in [1.807, 2.05) is 11.8 Å². The first-order valence-corrected chi connectivity index (χ1v) is 8.37. The highest BCUT2D eigenvalue weighted by molar-refractivity contribution is 7.98. The van der Waals surface area contributed by atoms with Crippen LogP contribution >= 0.6 is 11.8 Å². The molecule has 0 bridgehead atoms. The van der Waals surface area contributed by atoms with Gasteiger partial charge < -0.3 is 11.1 Å². The summed E-state index contributed by atoms with van der Waals surface area (Å²) in [5.41, 5.74) is 9.99. The van der Waals surface area contributed by atoms with Gasteiger partial charge in [0.2, 0.25) is 0 Å². The number of aliphatic imine (C=N–C) groups is 1. The third kappa shape index (κ3) is 4.16. The van der Waals surface area contributed by atoms with E-state index in [4.69, 9.17) is 5.73 Å². The predicted octanol–water partition coefficient (Wildman–Crippen LogP) is 3.05. The molecule has 0 heterocycles. The number of thioether (sulfide) groups is 1. The van der Waals surface area contributed by atoms with Gasteiger partial charge >= 0.3 is 0 Å². The number of fused-ring (bicyclic) bond motifs is 1. The lowest BCUT2D eigenvalue weighted by Crippen LogP contribution is -2.24. The van der Waals surface area contributed by atoms with Gasteiger partial charge in [-0.25, -0.2) is 0 Å². The van der Waals surface area contributed by atoms with Gasteiger partial charge in [0, 0.05) is 12.2 Å². The molecule has 0 atom stereocenters. The first-order chi connectivity index (χ1) is 9.31. The molecule has 1 aliphatic carbocycles. The Morgan fingerprint density at radius 1 is 1.37 bits per heavy atom. The predicted molar refractivity (Wildman–Crippen MR) is 86.2 cm³/mol. The van der Waals surface area contributed by atoms with Crippen molar-refractivity contribution in [2.75, 3.05) is 23.9 Å². The summed E-state index contributed by atoms with van der Waals surface area (Å²) in [5, 5.41) is 3.27. The molecule has 3 nitrogen and oxygen atoms in total. The average Bonchev–Trinajstić information content (AvgIpc) is 2.44. The van der Waals surface area contributed by atoms with Crippen LogP contribution in [0.1, 0.15) is 30.4 Å². The zero-order valence-electron chi connectivity index (χ0n) is 11.6. The van der Waals surface area contributed by atoms with Crippen molar-refractivity contribution in [1.82, 2.24) is 0 Å². The first kappa shape index (κ1) is 14.3. The maximum atomic E-state index is 5.95. The fraction of sp³-hybridized carbons (Fsp3) is 0.533. The van der Waals surface area contributed by atoms with Gasteiger partial charge in [-0.15, -0.1) is 0 Å². The summed E-state index contributed by atoms with van der Waals surface area (Å²) in [6, 6.07) is 6.44. The van der Waals surface area contributed by atoms with Gasteiger partial charge in [-0.3, -0.25) is 4.99 Å². The van der Waals surface area contributed by atoms with E-state index < -0.39 is 0 Å². The molecule has 0 radical (unpaired) electrons. The molecule has 0 spiro atoms. The Morgan fingerprint density at radius 3 is 3.05 bits per heavy atom. The molecule has 0 saturated carbocycles. The average molecular weight is 277 g/mol. The second-order valence-corrected chi connectivity index (χ2v) is 5.87. The number of nitrogens with two attached hydrogens (primary N) is 1. The Morgan fingerprint density at radius 2 is 2.21 bits per heavy atom. The van der Waals surface area contributed by atoms with E-state index in [2.05, 4.69) is 34.8 Å². The molecule has 2 rings (SSSR count). The fourth-order valence-electron chi connectivity index (χ4n) is 2.48. The topological polar surface area (TPSA) is 50.4 Å². The Labute approximate surface area is 120 Å². The van der Waals surface area contributed by atoms with Crippen molar-refractivity contribution in [3.05, 3.63) is 29.3 Å². The van der Waals surface area contributed by atoms with E-state index in [0.29, 0.717) is 5.96 Å². The number of benzene rings is 1. The molecule has 4 heteroatoms. The Balaban J connectivity index is 1.98. The molecular formula is C15H23N3S. The van der Waals surface area contributed by atoms with Crippen molar-refractivity contribution in [2.45, 2.75) is 32.1 Å². The van der Waals surface area contributed by atoms with Crippen molar-refractivity contribution < 1.29 is 0 Å². The summed E-state index contributed by atoms with van der Waals surface area (Å²) in [6.07, 6.45) is 8.11. The summed E-state index contributed by atoms with van der Waals surface area (Å²) in [6.45, 7) is 0.800. The van der Waals surface area contributed by atoms with Crippen molar-refractivity contribution in [3.63, 3.8) is 0 Å². The second-order valence-electron chi connectivity index (χ2n) is 4.89. The van der Waals surface area contributed by atoms with Crippen LogP contribution in [0, 0.1) is 0 Å². The largest absolute Gasteiger partial charge is 0.370 e. The smallest absolute Gasteiger partial charge is 0.193 e. The van der Waals surface area contributed by atoms with Gasteiger partial charge in [0.15, 0.2) is 5.96 Å². The normalized spacial score (nSPS) is 15.1. The van der Waals surface area contributed by atoms with Crippen LogP contribution in [0.3, 0.4) is 0 Å². The van der Waals surface area contributed by atoms with E-state index in [0.717, 1.165) is 30.8 Å². The zero-order chi connectivity index (χ0) is 13.5. The van der Waals surface area contributed by atoms with E-state index in [9.17, 15) is 0 Å². The number of hydrogen-bond acceptors (Lipinski definition) is 2. The van der Waals surface area contributed by atoms with Gasteiger partial charge in [0.1, 0.15) is 0 Å². The molecule has 0 amide bonds. The summed E-state index contributed by atoms with van der Waals surface area (Å²) in [4.78, 5) is 4.38. The zero-order valence-corrected chi connectivity index (χ0v) is 12.4. The lowest BCUT2D eigenvalue weighted by Gasteiger charge is -2.19. The van der Waals surface area contributed by atoms with Crippen LogP contribution in [0.2, 0.25) is 0 Å². The quantitative estimate of drug-likeness (QED) is 0.494. The van der Waals surface area contributed by atoms with Crippen LogP contribution < -0.4 is 11.1 Å². The van der Waals surface area contributed by atoms with Crippen LogP contribution in [0.15, 0.2) is 23.2 Å². The number of rotatable bonds is 5. The number of aryl methyl sites for hydroxylation is 1. The van der Waals surface area contributed by atoms with Crippen LogP contribution in [-0.4, -0.2) is 24.5 Å². The second kappa shape index (κ2) is 7.43. The van der Waals surface area contributed by atoms with E-state index in [1.165, 1.54) is 30.4 Å². The minimum absolute atomic E-state index is 0.542. The molecule has 19 heavy (non-hydrogen) atoms. The van der Waals surface area contributed by atoms with Crippen molar-refractivity contribution in [2.24, 2.45) is 10.7 Å². The molecule has 1 aliphatic rings. The highest BCUT2D eigenvalue weighted by Crippen LogP contribution is 2.27. The number of hydrogen-bond donors (Lipinski definition) is 2. The number of anilines is 1. The highest BCUT2D eigenvalue weighted by atomic mass is 32.2. The minimum atomic E-state index is 0.542. The molecular weight excluding hydrogens is 254 g/mol. The van der Waals surface area contributed by atoms with Crippen molar-refractivity contribution in [3.8, 4) is 0 Å². The number of nitrogens with zero attached hydrogens (tertiary/aromatic N) is 1. The molecule has 3 N–H and O–H groups in total. The van der Waals surface area contributed by atoms with Crippen LogP contribution in [0.4, 0.5) is 5.69 Å². The lowest BCUT2D eigenvalue weighted by atomic mass is 9.90. The molecule has 1 aromatic rings. The molecule has 0 aromatic heterocycles. The Hall–Kier alpha value is -1.16. The van der Waals surface area contributed by atoms with E-state index in [1.54, 1.807) is 0 Å². The third-order valence-corrected chi connectivity index (χ3v) is 4.14. The van der Waals surface area contributed by atoms with Gasteiger partial charge in [-0.1, -0.05) is 12.1 Å². The summed E-state index contributed by atoms with van der Waals surface area (Å²) >= 11 is 1.85. The Bertz CT molecular complexity index is 443. The standard InChI is InChI=1S/C15H23N3S/c1-19-11-5-10-17-15(16)18-14-9-4-7-12-6-2-3-8-13(12)14/h4,7,9H,2-3,5-6,8,10-11H2,1H3,(H3,16,17,18). The Kier molecular flexibility index (Phi) is 5.58. The third-order valence-electron chi connectivity index (χ3n) is 3.45. The maximum absolute atomic E-state index is 5.95. The van der Waals surface area contributed by atoms with Crippen LogP contribution in [0.5, 0.6) is 0 Å². The van der Waals surface area contributed by atoms with Gasteiger partial charge in [0.25, 0.3) is 0 Å². The summed E-state index contributed by atoms with van der Waals surface area (Å²) in [5.74, 6) is 1.68. The van der Waals surface area contributed by atoms with Gasteiger partial charge in [-0.2, -0.15) is 11.8 Å². The van der Waals surface area contributed by atoms with Gasteiger partial charge in [0.05, 0.1) is 0 Å². The highest BCUT2D eigenvalue weighted by Gasteiger charge is 2.12. The lowest BCUT2D eigenvalue weighted by molar-refractivity contribution is 0.687. The molecule has 104 valence electrons. The van der Waals surface area contributed by atoms with Crippen LogP contribution in [0.25, 0.3) is 0 Å². The SMILES string of the molecule is CSCCCN=C(N)Nc1cccc2c1CCCC2. The van der Waals surface area contributed by atoms with Crippen LogP contribution in [-0.2, 0) is 12.8 Å². The van der Waals surface area contributed by atoms with Gasteiger partial charge in [-0.05, 0) is 61.3 Å². The van der Waals surface area contributed by atoms with E-state index in [-0.39, 0.29) is 0 Å². The number of nitrogens with one attached hydrogen (secondary N) is 1. The van der Waals surface area contributed by atoms with E-state index >= 15 is 0 Å². The summed E-state index contributed by atoms with van der Waals surface area (Å²) < 4.78 is 0. The molecule has 1 aromatic carbocycles. The monoisotopic (exact) mass is 277 g/mol. The summed E-state index contributed by atoms with van der Waals surface area (Å²) in [7, 11) is 0. The van der Waals surface area contributed by atoms with Crippen molar-refractivity contribution in [1.29, 1.82) is 0 Å². The number of guanidine groups is 1. The van der Waals surface area contributed by atoms with Crippen molar-refractivity contribution >= 4 is 23.4 Å². The molecule has 0 unspecified atom stereocenters. The fourth-order valence-corrected chi connectivity index (χ4v) is 2.90. The molecule has 0 aliphatic heterocycles. The molecule has 0 saturated heterocycles.